The number of likely N-dealkylation sites (tertiary alicyclic amines) is 1. The second kappa shape index (κ2) is 8.58. The number of benzene rings is 1. The van der Waals surface area contributed by atoms with Gasteiger partial charge in [0.05, 0.1) is 4.90 Å². The number of piperidine rings is 1. The van der Waals surface area contributed by atoms with E-state index in [9.17, 15) is 13.2 Å². The summed E-state index contributed by atoms with van der Waals surface area (Å²) in [6, 6.07) is 5.18. The lowest BCUT2D eigenvalue weighted by atomic mass is 9.99. The number of fused-ring (bicyclic) bond motifs is 1. The zero-order chi connectivity index (χ0) is 19.4. The van der Waals surface area contributed by atoms with Crippen molar-refractivity contribution in [2.24, 2.45) is 5.92 Å². The number of amides is 2. The predicted molar refractivity (Wildman–Crippen MR) is 105 cm³/mol. The lowest BCUT2D eigenvalue weighted by Gasteiger charge is -2.30. The zero-order valence-corrected chi connectivity index (χ0v) is 17.0. The van der Waals surface area contributed by atoms with Gasteiger partial charge >= 0.3 is 6.03 Å². The first-order valence-corrected chi connectivity index (χ1v) is 11.2. The fourth-order valence-corrected chi connectivity index (χ4v) is 5.05. The summed E-state index contributed by atoms with van der Waals surface area (Å²) >= 11 is 0. The van der Waals surface area contributed by atoms with Crippen LogP contribution in [-0.4, -0.2) is 64.0 Å². The van der Waals surface area contributed by atoms with Gasteiger partial charge in [0.1, 0.15) is 0 Å². The first kappa shape index (κ1) is 20.1. The van der Waals surface area contributed by atoms with Crippen molar-refractivity contribution >= 4 is 16.1 Å². The molecule has 0 spiro atoms. The van der Waals surface area contributed by atoms with Gasteiger partial charge in [0.2, 0.25) is 10.0 Å². The highest BCUT2D eigenvalue weighted by atomic mass is 32.2. The topological polar surface area (TPSA) is 81.8 Å². The molecular formula is C19H30N4O3S. The van der Waals surface area contributed by atoms with Crippen molar-refractivity contribution in [3.8, 4) is 0 Å². The van der Waals surface area contributed by atoms with Crippen LogP contribution in [0.2, 0.25) is 0 Å². The van der Waals surface area contributed by atoms with Crippen molar-refractivity contribution in [3.05, 3.63) is 29.3 Å². The molecule has 1 saturated heterocycles. The third kappa shape index (κ3) is 5.00. The van der Waals surface area contributed by atoms with Crippen LogP contribution in [-0.2, 0) is 23.0 Å². The van der Waals surface area contributed by atoms with E-state index in [1.54, 1.807) is 17.0 Å². The van der Waals surface area contributed by atoms with E-state index >= 15 is 0 Å². The van der Waals surface area contributed by atoms with Crippen LogP contribution < -0.4 is 10.0 Å². The minimum atomic E-state index is -3.51. The van der Waals surface area contributed by atoms with E-state index in [-0.39, 0.29) is 6.03 Å². The summed E-state index contributed by atoms with van der Waals surface area (Å²) in [4.78, 5) is 16.3. The maximum atomic E-state index is 12.7. The number of hydrogen-bond acceptors (Lipinski definition) is 4. The van der Waals surface area contributed by atoms with Crippen LogP contribution in [0.5, 0.6) is 0 Å². The first-order valence-electron chi connectivity index (χ1n) is 9.72. The zero-order valence-electron chi connectivity index (χ0n) is 16.2. The molecule has 1 atom stereocenters. The fraction of sp³-hybridized carbons (Fsp3) is 0.632. The molecule has 1 unspecified atom stereocenters. The molecule has 8 heteroatoms. The third-order valence-electron chi connectivity index (χ3n) is 5.40. The molecule has 2 aliphatic rings. The largest absolute Gasteiger partial charge is 0.338 e. The lowest BCUT2D eigenvalue weighted by Crippen LogP contribution is -2.42. The number of rotatable bonds is 5. The van der Waals surface area contributed by atoms with Crippen molar-refractivity contribution in [2.45, 2.75) is 37.6 Å². The van der Waals surface area contributed by atoms with Gasteiger partial charge in [-0.05, 0) is 69.0 Å². The average Bonchev–Trinajstić information content (AvgIpc) is 2.66. The van der Waals surface area contributed by atoms with Crippen molar-refractivity contribution < 1.29 is 13.2 Å². The van der Waals surface area contributed by atoms with Gasteiger partial charge in [-0.25, -0.2) is 17.9 Å². The van der Waals surface area contributed by atoms with Gasteiger partial charge in [-0.15, -0.1) is 0 Å². The van der Waals surface area contributed by atoms with Crippen LogP contribution in [0, 0.1) is 5.92 Å². The average molecular weight is 395 g/mol. The van der Waals surface area contributed by atoms with E-state index < -0.39 is 10.0 Å². The number of carbonyl (C=O) groups excluding carboxylic acids is 1. The maximum absolute atomic E-state index is 12.7. The molecule has 2 heterocycles. The number of nitrogens with one attached hydrogen (secondary N) is 2. The van der Waals surface area contributed by atoms with E-state index in [1.165, 1.54) is 0 Å². The van der Waals surface area contributed by atoms with Crippen LogP contribution in [0.4, 0.5) is 4.79 Å². The molecule has 2 amide bonds. The summed E-state index contributed by atoms with van der Waals surface area (Å²) in [6.45, 7) is 6.11. The highest BCUT2D eigenvalue weighted by molar-refractivity contribution is 7.89. The normalized spacial score (nSPS) is 21.0. The molecule has 3 rings (SSSR count). The van der Waals surface area contributed by atoms with Crippen LogP contribution >= 0.6 is 0 Å². The van der Waals surface area contributed by atoms with Gasteiger partial charge in [-0.3, -0.25) is 0 Å². The van der Waals surface area contributed by atoms with Crippen LogP contribution in [0.15, 0.2) is 23.1 Å². The second-order valence-electron chi connectivity index (χ2n) is 7.56. The summed E-state index contributed by atoms with van der Waals surface area (Å²) in [6.07, 6.45) is 2.85. The lowest BCUT2D eigenvalue weighted by molar-refractivity contribution is 0.193. The van der Waals surface area contributed by atoms with Gasteiger partial charge < -0.3 is 15.1 Å². The summed E-state index contributed by atoms with van der Waals surface area (Å²) < 4.78 is 28.2. The van der Waals surface area contributed by atoms with Gasteiger partial charge in [0, 0.05) is 32.7 Å². The Morgan fingerprint density at radius 1 is 1.26 bits per heavy atom. The summed E-state index contributed by atoms with van der Waals surface area (Å²) in [5.74, 6) is 0.363. The third-order valence-corrected chi connectivity index (χ3v) is 6.82. The van der Waals surface area contributed by atoms with Crippen LogP contribution in [0.1, 0.15) is 30.9 Å². The molecule has 2 N–H and O–H groups in total. The molecule has 0 bridgehead atoms. The van der Waals surface area contributed by atoms with E-state index in [4.69, 9.17) is 0 Å². The summed E-state index contributed by atoms with van der Waals surface area (Å²) in [5.41, 5.74) is 2.02. The number of carbonyl (C=O) groups is 1. The van der Waals surface area contributed by atoms with Crippen molar-refractivity contribution in [3.63, 3.8) is 0 Å². The molecule has 0 aromatic heterocycles. The first-order chi connectivity index (χ1) is 12.9. The molecular weight excluding hydrogens is 364 g/mol. The van der Waals surface area contributed by atoms with Gasteiger partial charge in [0.15, 0.2) is 0 Å². The molecule has 1 fully saturated rings. The molecule has 0 saturated carbocycles. The number of hydrogen-bond donors (Lipinski definition) is 2. The fourth-order valence-electron chi connectivity index (χ4n) is 3.88. The smallest absolute Gasteiger partial charge is 0.317 e. The standard InChI is InChI=1S/C19H30N4O3S/c1-3-20-19(24)23-10-8-16-11-18(7-6-17(16)14-23)27(25,26)21-12-15-5-4-9-22(2)13-15/h6-7,11,15,21H,3-5,8-10,12-14H2,1-2H3,(H,20,24). The van der Waals surface area contributed by atoms with E-state index in [2.05, 4.69) is 22.0 Å². The number of sulfonamides is 1. The monoisotopic (exact) mass is 394 g/mol. The molecule has 0 radical (unpaired) electrons. The minimum Gasteiger partial charge on any atom is -0.338 e. The van der Waals surface area contributed by atoms with Crippen molar-refractivity contribution in [2.75, 3.05) is 39.8 Å². The SMILES string of the molecule is CCNC(=O)N1CCc2cc(S(=O)(=O)NCC3CCCN(C)C3)ccc2C1. The predicted octanol–water partition coefficient (Wildman–Crippen LogP) is 1.39. The van der Waals surface area contributed by atoms with Crippen LogP contribution in [0.3, 0.4) is 0 Å². The number of nitrogens with zero attached hydrogens (tertiary/aromatic N) is 2. The molecule has 1 aromatic carbocycles. The molecule has 27 heavy (non-hydrogen) atoms. The van der Waals surface area contributed by atoms with Crippen LogP contribution in [0.25, 0.3) is 0 Å². The Balaban J connectivity index is 1.65. The highest BCUT2D eigenvalue weighted by Gasteiger charge is 2.24. The molecule has 2 aliphatic heterocycles. The Bertz CT molecular complexity index is 781. The van der Waals surface area contributed by atoms with E-state index in [0.29, 0.717) is 43.4 Å². The number of urea groups is 1. The molecule has 0 aliphatic carbocycles. The van der Waals surface area contributed by atoms with Gasteiger partial charge in [-0.1, -0.05) is 6.07 Å². The van der Waals surface area contributed by atoms with Gasteiger partial charge in [0.25, 0.3) is 0 Å². The maximum Gasteiger partial charge on any atom is 0.317 e. The highest BCUT2D eigenvalue weighted by Crippen LogP contribution is 2.23. The Labute approximate surface area is 162 Å². The Morgan fingerprint density at radius 2 is 2.07 bits per heavy atom. The molecule has 7 nitrogen and oxygen atoms in total. The Morgan fingerprint density at radius 3 is 2.81 bits per heavy atom. The summed E-state index contributed by atoms with van der Waals surface area (Å²) in [7, 11) is -1.43. The summed E-state index contributed by atoms with van der Waals surface area (Å²) in [5, 5.41) is 2.81. The Kier molecular flexibility index (Phi) is 6.39. The van der Waals surface area contributed by atoms with Gasteiger partial charge in [-0.2, -0.15) is 0 Å². The molecule has 150 valence electrons. The van der Waals surface area contributed by atoms with Crippen molar-refractivity contribution in [1.29, 1.82) is 0 Å². The minimum absolute atomic E-state index is 0.0704. The van der Waals surface area contributed by atoms with E-state index in [0.717, 1.165) is 37.1 Å². The molecule has 1 aromatic rings. The second-order valence-corrected chi connectivity index (χ2v) is 9.33. The van der Waals surface area contributed by atoms with Crippen molar-refractivity contribution in [1.82, 2.24) is 19.8 Å². The Hall–Kier alpha value is -1.64. The quantitative estimate of drug-likeness (QED) is 0.791. The van der Waals surface area contributed by atoms with E-state index in [1.807, 2.05) is 13.0 Å².